The zero-order chi connectivity index (χ0) is 23.3. The Hall–Kier alpha value is -3.19. The number of carbonyl (C=O) groups is 1. The van der Waals surface area contributed by atoms with E-state index in [1.807, 2.05) is 26.0 Å². The Kier molecular flexibility index (Phi) is 7.64. The Morgan fingerprint density at radius 2 is 2.00 bits per heavy atom. The fraction of sp³-hybridized carbons (Fsp3) is 0.400. The second-order valence-corrected chi connectivity index (χ2v) is 8.46. The topological polar surface area (TPSA) is 76.5 Å². The van der Waals surface area contributed by atoms with Crippen LogP contribution in [0.5, 0.6) is 5.75 Å². The zero-order valence-electron chi connectivity index (χ0n) is 19.5. The summed E-state index contributed by atoms with van der Waals surface area (Å²) in [6, 6.07) is 10.7. The number of aromatic nitrogens is 2. The summed E-state index contributed by atoms with van der Waals surface area (Å²) < 4.78 is 7.38. The van der Waals surface area contributed by atoms with Crippen LogP contribution in [0.15, 0.2) is 47.5 Å². The van der Waals surface area contributed by atoms with Crippen molar-refractivity contribution in [2.24, 2.45) is 5.92 Å². The van der Waals surface area contributed by atoms with Crippen molar-refractivity contribution in [3.05, 3.63) is 64.2 Å². The van der Waals surface area contributed by atoms with Gasteiger partial charge in [0.1, 0.15) is 18.7 Å². The van der Waals surface area contributed by atoms with Gasteiger partial charge < -0.3 is 15.0 Å². The summed E-state index contributed by atoms with van der Waals surface area (Å²) in [7, 11) is 2.07. The van der Waals surface area contributed by atoms with Crippen molar-refractivity contribution in [2.45, 2.75) is 27.7 Å². The van der Waals surface area contributed by atoms with Crippen molar-refractivity contribution in [1.29, 1.82) is 0 Å². The second kappa shape index (κ2) is 10.4. The summed E-state index contributed by atoms with van der Waals surface area (Å²) in [4.78, 5) is 32.2. The Bertz CT molecular complexity index is 1150. The van der Waals surface area contributed by atoms with Crippen LogP contribution < -0.4 is 15.6 Å². The first kappa shape index (κ1) is 23.5. The van der Waals surface area contributed by atoms with E-state index in [2.05, 4.69) is 36.1 Å². The molecule has 0 aliphatic carbocycles. The number of benzene rings is 2. The molecule has 0 fully saturated rings. The first-order valence-electron chi connectivity index (χ1n) is 11.0. The highest BCUT2D eigenvalue weighted by Gasteiger charge is 2.12. The normalized spacial score (nSPS) is 11.3. The number of aryl methyl sites for hydroxylation is 1. The molecule has 0 spiro atoms. The molecule has 170 valence electrons. The van der Waals surface area contributed by atoms with Crippen molar-refractivity contribution in [3.63, 3.8) is 0 Å². The highest BCUT2D eigenvalue weighted by atomic mass is 16.5. The molecule has 1 N–H and O–H groups in total. The van der Waals surface area contributed by atoms with Crippen molar-refractivity contribution in [2.75, 3.05) is 33.3 Å². The monoisotopic (exact) mass is 436 g/mol. The quantitative estimate of drug-likeness (QED) is 0.556. The van der Waals surface area contributed by atoms with Crippen LogP contribution >= 0.6 is 0 Å². The Morgan fingerprint density at radius 3 is 2.72 bits per heavy atom. The number of carbonyl (C=O) groups excluding carboxylic acids is 1. The number of amides is 1. The number of hydrogen-bond acceptors (Lipinski definition) is 5. The van der Waals surface area contributed by atoms with E-state index in [1.165, 1.54) is 10.9 Å². The van der Waals surface area contributed by atoms with Gasteiger partial charge in [0.15, 0.2) is 0 Å². The van der Waals surface area contributed by atoms with Gasteiger partial charge in [-0.1, -0.05) is 19.9 Å². The first-order valence-corrected chi connectivity index (χ1v) is 11.0. The van der Waals surface area contributed by atoms with Gasteiger partial charge in [-0.05, 0) is 62.7 Å². The van der Waals surface area contributed by atoms with Gasteiger partial charge in [-0.3, -0.25) is 14.2 Å². The molecule has 0 radical (unpaired) electrons. The summed E-state index contributed by atoms with van der Waals surface area (Å²) >= 11 is 0. The van der Waals surface area contributed by atoms with Crippen molar-refractivity contribution in [1.82, 2.24) is 19.8 Å². The Labute approximate surface area is 189 Å². The lowest BCUT2D eigenvalue weighted by molar-refractivity contribution is 0.0956. The molecule has 1 amide bonds. The fourth-order valence-corrected chi connectivity index (χ4v) is 3.67. The van der Waals surface area contributed by atoms with Crippen LogP contribution in [-0.2, 0) is 0 Å². The van der Waals surface area contributed by atoms with Crippen LogP contribution in [0.3, 0.4) is 0 Å². The molecular formula is C25H32N4O3. The molecule has 2 aromatic carbocycles. The molecule has 0 aliphatic heterocycles. The molecule has 7 heteroatoms. The van der Waals surface area contributed by atoms with E-state index in [1.54, 1.807) is 24.3 Å². The molecule has 1 heterocycles. The van der Waals surface area contributed by atoms with E-state index in [0.29, 0.717) is 47.0 Å². The van der Waals surface area contributed by atoms with E-state index in [4.69, 9.17) is 4.74 Å². The highest BCUT2D eigenvalue weighted by Crippen LogP contribution is 2.19. The molecule has 0 atom stereocenters. The number of likely N-dealkylation sites (N-methyl/N-ethyl adjacent to an activating group) is 1. The van der Waals surface area contributed by atoms with Crippen LogP contribution in [0.25, 0.3) is 16.6 Å². The molecule has 0 aliphatic rings. The lowest BCUT2D eigenvalue weighted by Crippen LogP contribution is -2.28. The van der Waals surface area contributed by atoms with Gasteiger partial charge in [-0.25, -0.2) is 4.98 Å². The number of nitrogens with one attached hydrogen (secondary N) is 1. The number of rotatable bonds is 9. The summed E-state index contributed by atoms with van der Waals surface area (Å²) in [5.41, 5.74) is 2.42. The lowest BCUT2D eigenvalue weighted by Gasteiger charge is -2.19. The van der Waals surface area contributed by atoms with E-state index < -0.39 is 0 Å². The third-order valence-corrected chi connectivity index (χ3v) is 5.22. The third kappa shape index (κ3) is 5.53. The zero-order valence-corrected chi connectivity index (χ0v) is 19.5. The van der Waals surface area contributed by atoms with Crippen molar-refractivity contribution >= 4 is 16.8 Å². The van der Waals surface area contributed by atoms with Gasteiger partial charge in [0.2, 0.25) is 0 Å². The van der Waals surface area contributed by atoms with Crippen LogP contribution in [0.4, 0.5) is 0 Å². The molecule has 3 aromatic rings. The molecule has 7 nitrogen and oxygen atoms in total. The summed E-state index contributed by atoms with van der Waals surface area (Å²) in [6.07, 6.45) is 1.51. The van der Waals surface area contributed by atoms with Crippen LogP contribution in [0.2, 0.25) is 0 Å². The highest BCUT2D eigenvalue weighted by molar-refractivity contribution is 5.94. The summed E-state index contributed by atoms with van der Waals surface area (Å²) in [5.74, 6) is 1.06. The molecule has 0 unspecified atom stereocenters. The molecular weight excluding hydrogens is 404 g/mol. The standard InChI is InChI=1S/C25H32N4O3/c1-6-26-24(30)19-8-7-18(4)23(13-19)29-16-27-22-10-9-20(14-21(22)25(29)31)32-12-11-28(5)15-17(2)3/h7-10,13-14,16-17H,6,11-12,15H2,1-5H3,(H,26,30). The largest absolute Gasteiger partial charge is 0.492 e. The smallest absolute Gasteiger partial charge is 0.265 e. The van der Waals surface area contributed by atoms with Gasteiger partial charge in [0.05, 0.1) is 16.6 Å². The predicted octanol–water partition coefficient (Wildman–Crippen LogP) is 3.41. The average Bonchev–Trinajstić information content (AvgIpc) is 2.74. The minimum atomic E-state index is -0.200. The van der Waals surface area contributed by atoms with E-state index >= 15 is 0 Å². The lowest BCUT2D eigenvalue weighted by atomic mass is 10.1. The third-order valence-electron chi connectivity index (χ3n) is 5.22. The number of ether oxygens (including phenoxy) is 1. The van der Waals surface area contributed by atoms with Crippen LogP contribution in [0.1, 0.15) is 36.7 Å². The van der Waals surface area contributed by atoms with Gasteiger partial charge in [0.25, 0.3) is 11.5 Å². The maximum atomic E-state index is 13.3. The minimum Gasteiger partial charge on any atom is -0.492 e. The van der Waals surface area contributed by atoms with Crippen molar-refractivity contribution < 1.29 is 9.53 Å². The summed E-state index contributed by atoms with van der Waals surface area (Å²) in [6.45, 7) is 11.0. The fourth-order valence-electron chi connectivity index (χ4n) is 3.67. The average molecular weight is 437 g/mol. The van der Waals surface area contributed by atoms with Gasteiger partial charge >= 0.3 is 0 Å². The summed E-state index contributed by atoms with van der Waals surface area (Å²) in [5, 5.41) is 3.26. The SMILES string of the molecule is CCNC(=O)c1ccc(C)c(-n2cnc3ccc(OCCN(C)CC(C)C)cc3c2=O)c1. The Balaban J connectivity index is 1.89. The molecule has 3 rings (SSSR count). The number of fused-ring (bicyclic) bond motifs is 1. The number of hydrogen-bond donors (Lipinski definition) is 1. The van der Waals surface area contributed by atoms with E-state index in [9.17, 15) is 9.59 Å². The van der Waals surface area contributed by atoms with E-state index in [0.717, 1.165) is 18.7 Å². The molecule has 0 bridgehead atoms. The van der Waals surface area contributed by atoms with E-state index in [-0.39, 0.29) is 11.5 Å². The predicted molar refractivity (Wildman–Crippen MR) is 128 cm³/mol. The molecule has 1 aromatic heterocycles. The molecule has 32 heavy (non-hydrogen) atoms. The van der Waals surface area contributed by atoms with Gasteiger partial charge in [-0.2, -0.15) is 0 Å². The molecule has 0 saturated heterocycles. The van der Waals surface area contributed by atoms with Crippen molar-refractivity contribution in [3.8, 4) is 11.4 Å². The second-order valence-electron chi connectivity index (χ2n) is 8.46. The first-order chi connectivity index (χ1) is 15.3. The van der Waals surface area contributed by atoms with Crippen LogP contribution in [0, 0.1) is 12.8 Å². The minimum absolute atomic E-state index is 0.173. The Morgan fingerprint density at radius 1 is 1.22 bits per heavy atom. The van der Waals surface area contributed by atoms with Crippen LogP contribution in [-0.4, -0.2) is 53.6 Å². The van der Waals surface area contributed by atoms with Gasteiger partial charge in [-0.15, -0.1) is 0 Å². The number of nitrogens with zero attached hydrogens (tertiary/aromatic N) is 3. The maximum absolute atomic E-state index is 13.3. The van der Waals surface area contributed by atoms with Gasteiger partial charge in [0, 0.05) is 25.2 Å². The maximum Gasteiger partial charge on any atom is 0.265 e. The molecule has 0 saturated carbocycles.